The van der Waals surface area contributed by atoms with E-state index in [2.05, 4.69) is 5.32 Å². The maximum absolute atomic E-state index is 11.9. The zero-order valence-corrected chi connectivity index (χ0v) is 14.4. The highest BCUT2D eigenvalue weighted by Crippen LogP contribution is 2.34. The molecule has 0 bridgehead atoms. The molecule has 0 saturated carbocycles. The highest BCUT2D eigenvalue weighted by atomic mass is 35.5. The van der Waals surface area contributed by atoms with Crippen LogP contribution in [0.1, 0.15) is 0 Å². The lowest BCUT2D eigenvalue weighted by atomic mass is 10.3. The minimum atomic E-state index is -0.0645. The van der Waals surface area contributed by atoms with Crippen LogP contribution in [0.25, 0.3) is 0 Å². The van der Waals surface area contributed by atoms with Gasteiger partial charge in [-0.1, -0.05) is 11.6 Å². The summed E-state index contributed by atoms with van der Waals surface area (Å²) in [5.74, 6) is 3.13. The molecule has 1 aliphatic rings. The Balaban J connectivity index is 1.34. The summed E-state index contributed by atoms with van der Waals surface area (Å²) >= 11 is 7.32. The topological polar surface area (TPSA) is 56.8 Å². The Bertz CT molecular complexity index is 708. The molecule has 2 aromatic rings. The number of fused-ring (bicyclic) bond motifs is 1. The van der Waals surface area contributed by atoms with Gasteiger partial charge in [-0.15, -0.1) is 11.8 Å². The quantitative estimate of drug-likeness (QED) is 0.756. The Labute approximate surface area is 149 Å². The van der Waals surface area contributed by atoms with Crippen molar-refractivity contribution < 1.29 is 19.0 Å². The highest BCUT2D eigenvalue weighted by molar-refractivity contribution is 7.99. The van der Waals surface area contributed by atoms with E-state index in [9.17, 15) is 4.79 Å². The van der Waals surface area contributed by atoms with Gasteiger partial charge in [0.25, 0.3) is 0 Å². The van der Waals surface area contributed by atoms with Crippen LogP contribution in [0.15, 0.2) is 42.5 Å². The van der Waals surface area contributed by atoms with Crippen molar-refractivity contribution >= 4 is 35.0 Å². The average molecular weight is 366 g/mol. The number of ether oxygens (including phenoxy) is 3. The molecule has 5 nitrogen and oxygen atoms in total. The molecule has 0 radical (unpaired) electrons. The van der Waals surface area contributed by atoms with Gasteiger partial charge in [0, 0.05) is 22.5 Å². The van der Waals surface area contributed by atoms with E-state index in [0.717, 1.165) is 11.5 Å². The fraction of sp³-hybridized carbons (Fsp3) is 0.235. The van der Waals surface area contributed by atoms with E-state index < -0.39 is 0 Å². The SMILES string of the molecule is O=C(CSCCOc1ccc(Cl)cc1)Nc1ccc2c(c1)OCO2. The number of hydrogen-bond donors (Lipinski definition) is 1. The minimum absolute atomic E-state index is 0.0645. The van der Waals surface area contributed by atoms with Crippen molar-refractivity contribution in [3.63, 3.8) is 0 Å². The molecule has 0 aliphatic carbocycles. The van der Waals surface area contributed by atoms with Crippen LogP contribution in [-0.4, -0.2) is 30.8 Å². The second-order valence-electron chi connectivity index (χ2n) is 4.97. The molecule has 1 heterocycles. The first kappa shape index (κ1) is 16.8. The molecule has 0 atom stereocenters. The number of rotatable bonds is 7. The van der Waals surface area contributed by atoms with E-state index in [1.165, 1.54) is 11.8 Å². The summed E-state index contributed by atoms with van der Waals surface area (Å²) < 4.78 is 16.1. The van der Waals surface area contributed by atoms with Crippen molar-refractivity contribution in [1.82, 2.24) is 0 Å². The molecular weight excluding hydrogens is 350 g/mol. The van der Waals surface area contributed by atoms with Crippen LogP contribution in [0.5, 0.6) is 17.2 Å². The molecule has 3 rings (SSSR count). The highest BCUT2D eigenvalue weighted by Gasteiger charge is 2.14. The van der Waals surface area contributed by atoms with Crippen molar-refractivity contribution in [3.05, 3.63) is 47.5 Å². The van der Waals surface area contributed by atoms with Gasteiger partial charge in [-0.2, -0.15) is 0 Å². The van der Waals surface area contributed by atoms with Gasteiger partial charge < -0.3 is 19.5 Å². The molecule has 0 fully saturated rings. The third-order valence-electron chi connectivity index (χ3n) is 3.20. The molecule has 2 aromatic carbocycles. The third-order valence-corrected chi connectivity index (χ3v) is 4.37. The minimum Gasteiger partial charge on any atom is -0.493 e. The summed E-state index contributed by atoms with van der Waals surface area (Å²) in [6.45, 7) is 0.750. The Morgan fingerprint density at radius 1 is 1.17 bits per heavy atom. The molecule has 126 valence electrons. The van der Waals surface area contributed by atoms with Gasteiger partial charge in [0.15, 0.2) is 11.5 Å². The number of amides is 1. The zero-order valence-electron chi connectivity index (χ0n) is 12.8. The third kappa shape index (κ3) is 4.72. The molecule has 0 unspecified atom stereocenters. The number of hydrogen-bond acceptors (Lipinski definition) is 5. The standard InChI is InChI=1S/C17H16ClNO4S/c18-12-1-4-14(5-2-12)21-7-8-24-10-17(20)19-13-3-6-15-16(9-13)23-11-22-15/h1-6,9H,7-8,10-11H2,(H,19,20). The van der Waals surface area contributed by atoms with E-state index >= 15 is 0 Å². The van der Waals surface area contributed by atoms with Crippen LogP contribution in [0.3, 0.4) is 0 Å². The summed E-state index contributed by atoms with van der Waals surface area (Å²) in [5, 5.41) is 3.51. The predicted molar refractivity (Wildman–Crippen MR) is 95.5 cm³/mol. The first-order valence-electron chi connectivity index (χ1n) is 7.36. The molecule has 0 saturated heterocycles. The van der Waals surface area contributed by atoms with E-state index in [0.29, 0.717) is 34.6 Å². The summed E-state index contributed by atoms with van der Waals surface area (Å²) in [7, 11) is 0. The number of halogens is 1. The number of carbonyl (C=O) groups is 1. The van der Waals surface area contributed by atoms with Crippen LogP contribution in [0.2, 0.25) is 5.02 Å². The molecule has 1 amide bonds. The van der Waals surface area contributed by atoms with E-state index in [1.54, 1.807) is 30.3 Å². The van der Waals surface area contributed by atoms with Gasteiger partial charge in [-0.05, 0) is 36.4 Å². The van der Waals surface area contributed by atoms with Crippen LogP contribution >= 0.6 is 23.4 Å². The zero-order chi connectivity index (χ0) is 16.8. The lowest BCUT2D eigenvalue weighted by Crippen LogP contribution is -2.15. The monoisotopic (exact) mass is 365 g/mol. The molecule has 7 heteroatoms. The van der Waals surface area contributed by atoms with Crippen LogP contribution in [0.4, 0.5) is 5.69 Å². The maximum Gasteiger partial charge on any atom is 0.234 e. The predicted octanol–water partition coefficient (Wildman–Crippen LogP) is 3.82. The molecule has 1 N–H and O–H groups in total. The second kappa shape index (κ2) is 8.17. The van der Waals surface area contributed by atoms with Crippen molar-refractivity contribution in [2.24, 2.45) is 0 Å². The first-order chi connectivity index (χ1) is 11.7. The smallest absolute Gasteiger partial charge is 0.234 e. The van der Waals surface area contributed by atoms with Gasteiger partial charge in [0.1, 0.15) is 5.75 Å². The summed E-state index contributed by atoms with van der Waals surface area (Å²) in [5.41, 5.74) is 0.697. The lowest BCUT2D eigenvalue weighted by molar-refractivity contribution is -0.113. The van der Waals surface area contributed by atoms with Crippen molar-refractivity contribution in [3.8, 4) is 17.2 Å². The maximum atomic E-state index is 11.9. The summed E-state index contributed by atoms with van der Waals surface area (Å²) in [6, 6.07) is 12.5. The van der Waals surface area contributed by atoms with Crippen molar-refractivity contribution in [2.45, 2.75) is 0 Å². The summed E-state index contributed by atoms with van der Waals surface area (Å²) in [6.07, 6.45) is 0. The second-order valence-corrected chi connectivity index (χ2v) is 6.51. The average Bonchev–Trinajstić information content (AvgIpc) is 3.04. The van der Waals surface area contributed by atoms with Crippen molar-refractivity contribution in [2.75, 3.05) is 30.2 Å². The van der Waals surface area contributed by atoms with Gasteiger partial charge >= 0.3 is 0 Å². The molecule has 0 spiro atoms. The largest absolute Gasteiger partial charge is 0.493 e. The van der Waals surface area contributed by atoms with Gasteiger partial charge in [0.2, 0.25) is 12.7 Å². The normalized spacial score (nSPS) is 12.0. The van der Waals surface area contributed by atoms with Gasteiger partial charge in [0.05, 0.1) is 12.4 Å². The molecule has 0 aromatic heterocycles. The number of carbonyl (C=O) groups excluding carboxylic acids is 1. The molecular formula is C17H16ClNO4S. The lowest BCUT2D eigenvalue weighted by Gasteiger charge is -2.07. The van der Waals surface area contributed by atoms with E-state index in [4.69, 9.17) is 25.8 Å². The molecule has 1 aliphatic heterocycles. The van der Waals surface area contributed by atoms with Gasteiger partial charge in [-0.25, -0.2) is 0 Å². The fourth-order valence-corrected chi connectivity index (χ4v) is 2.81. The Hall–Kier alpha value is -2.05. The first-order valence-corrected chi connectivity index (χ1v) is 8.89. The number of benzene rings is 2. The van der Waals surface area contributed by atoms with Crippen LogP contribution < -0.4 is 19.5 Å². The number of anilines is 1. The van der Waals surface area contributed by atoms with Crippen LogP contribution in [-0.2, 0) is 4.79 Å². The van der Waals surface area contributed by atoms with Gasteiger partial charge in [-0.3, -0.25) is 4.79 Å². The van der Waals surface area contributed by atoms with E-state index in [1.807, 2.05) is 12.1 Å². The Morgan fingerprint density at radius 3 is 2.79 bits per heavy atom. The van der Waals surface area contributed by atoms with Crippen LogP contribution in [0, 0.1) is 0 Å². The van der Waals surface area contributed by atoms with E-state index in [-0.39, 0.29) is 12.7 Å². The summed E-state index contributed by atoms with van der Waals surface area (Å²) in [4.78, 5) is 11.9. The Kier molecular flexibility index (Phi) is 5.72. The number of nitrogens with one attached hydrogen (secondary N) is 1. The number of thioether (sulfide) groups is 1. The Morgan fingerprint density at radius 2 is 1.96 bits per heavy atom. The van der Waals surface area contributed by atoms with Crippen molar-refractivity contribution in [1.29, 1.82) is 0 Å². The molecule has 24 heavy (non-hydrogen) atoms. The fourth-order valence-electron chi connectivity index (χ4n) is 2.09.